The lowest BCUT2D eigenvalue weighted by Gasteiger charge is -1.98. The summed E-state index contributed by atoms with van der Waals surface area (Å²) < 4.78 is 0. The lowest BCUT2D eigenvalue weighted by atomic mass is 10.2. The number of amidine groups is 1. The highest BCUT2D eigenvalue weighted by molar-refractivity contribution is 7.99. The Morgan fingerprint density at radius 1 is 1.44 bits per heavy atom. The number of benzene rings is 1. The molecule has 0 radical (unpaired) electrons. The van der Waals surface area contributed by atoms with Gasteiger partial charge in [0.1, 0.15) is 0 Å². The third-order valence-electron chi connectivity index (χ3n) is 2.69. The van der Waals surface area contributed by atoms with E-state index in [1.165, 1.54) is 5.56 Å². The molecule has 0 saturated carbocycles. The fraction of sp³-hybridized carbons (Fsp3) is 0.385. The van der Waals surface area contributed by atoms with Gasteiger partial charge in [0.15, 0.2) is 5.16 Å². The van der Waals surface area contributed by atoms with Crippen LogP contribution >= 0.6 is 11.8 Å². The number of aromatic amines is 1. The molecule has 5 heteroatoms. The maximum Gasteiger partial charge on any atom is 0.166 e. The molecule has 4 nitrogen and oxygen atoms in total. The average Bonchev–Trinajstić information content (AvgIpc) is 2.70. The van der Waals surface area contributed by atoms with Crippen LogP contribution in [0.15, 0.2) is 23.4 Å². The number of nitrogens with one attached hydrogen (secondary N) is 2. The van der Waals surface area contributed by atoms with Gasteiger partial charge in [0.2, 0.25) is 0 Å². The summed E-state index contributed by atoms with van der Waals surface area (Å²) in [6.07, 6.45) is 2.72. The quantitative estimate of drug-likeness (QED) is 0.324. The zero-order valence-electron chi connectivity index (χ0n) is 10.5. The molecule has 0 amide bonds. The molecule has 0 saturated heterocycles. The van der Waals surface area contributed by atoms with Crippen molar-refractivity contribution in [1.29, 1.82) is 5.41 Å². The van der Waals surface area contributed by atoms with Gasteiger partial charge in [-0.1, -0.05) is 17.8 Å². The number of nitrogens with zero attached hydrogens (tertiary/aromatic N) is 1. The summed E-state index contributed by atoms with van der Waals surface area (Å²) in [5, 5.41) is 8.11. The van der Waals surface area contributed by atoms with Crippen LogP contribution < -0.4 is 5.73 Å². The van der Waals surface area contributed by atoms with Crippen LogP contribution in [-0.2, 0) is 0 Å². The fourth-order valence-corrected chi connectivity index (χ4v) is 2.64. The minimum absolute atomic E-state index is 0.277. The van der Waals surface area contributed by atoms with Crippen molar-refractivity contribution < 1.29 is 0 Å². The number of imidazole rings is 1. The van der Waals surface area contributed by atoms with Crippen molar-refractivity contribution in [2.75, 3.05) is 5.75 Å². The van der Waals surface area contributed by atoms with Gasteiger partial charge in [0.05, 0.1) is 16.9 Å². The third-order valence-corrected chi connectivity index (χ3v) is 3.65. The molecular weight excluding hydrogens is 244 g/mol. The number of fused-ring (bicyclic) bond motifs is 1. The van der Waals surface area contributed by atoms with Gasteiger partial charge in [0, 0.05) is 12.2 Å². The molecule has 0 aliphatic carbocycles. The maximum absolute atomic E-state index is 7.14. The second-order valence-electron chi connectivity index (χ2n) is 4.39. The lowest BCUT2D eigenvalue weighted by molar-refractivity contribution is 0.835. The van der Waals surface area contributed by atoms with Crippen LogP contribution in [0.25, 0.3) is 11.0 Å². The first kappa shape index (κ1) is 13.0. The van der Waals surface area contributed by atoms with E-state index in [-0.39, 0.29) is 5.84 Å². The third kappa shape index (κ3) is 3.50. The summed E-state index contributed by atoms with van der Waals surface area (Å²) in [4.78, 5) is 7.85. The Labute approximate surface area is 111 Å². The second kappa shape index (κ2) is 5.91. The van der Waals surface area contributed by atoms with E-state index in [2.05, 4.69) is 29.0 Å². The van der Waals surface area contributed by atoms with Crippen molar-refractivity contribution in [3.05, 3.63) is 23.8 Å². The summed E-state index contributed by atoms with van der Waals surface area (Å²) in [6, 6.07) is 6.23. The van der Waals surface area contributed by atoms with Crippen LogP contribution in [0.4, 0.5) is 0 Å². The van der Waals surface area contributed by atoms with E-state index in [1.54, 1.807) is 11.8 Å². The Balaban J connectivity index is 1.86. The Morgan fingerprint density at radius 3 is 3.06 bits per heavy atom. The fourth-order valence-electron chi connectivity index (χ4n) is 1.75. The van der Waals surface area contributed by atoms with E-state index in [9.17, 15) is 0 Å². The Bertz CT molecular complexity index is 547. The van der Waals surface area contributed by atoms with Gasteiger partial charge in [-0.15, -0.1) is 0 Å². The zero-order valence-corrected chi connectivity index (χ0v) is 11.3. The van der Waals surface area contributed by atoms with Crippen molar-refractivity contribution >= 4 is 28.6 Å². The van der Waals surface area contributed by atoms with E-state index in [0.717, 1.165) is 34.8 Å². The molecular formula is C13H18N4S. The van der Waals surface area contributed by atoms with Gasteiger partial charge in [-0.25, -0.2) is 4.98 Å². The van der Waals surface area contributed by atoms with Crippen molar-refractivity contribution in [3.63, 3.8) is 0 Å². The first-order valence-corrected chi connectivity index (χ1v) is 7.06. The van der Waals surface area contributed by atoms with E-state index < -0.39 is 0 Å². The van der Waals surface area contributed by atoms with Crippen LogP contribution in [0.3, 0.4) is 0 Å². The average molecular weight is 262 g/mol. The number of nitrogens with two attached hydrogens (primary N) is 1. The predicted molar refractivity (Wildman–Crippen MR) is 77.3 cm³/mol. The van der Waals surface area contributed by atoms with Crippen LogP contribution in [-0.4, -0.2) is 21.6 Å². The van der Waals surface area contributed by atoms with E-state index in [1.807, 2.05) is 6.07 Å². The molecule has 4 N–H and O–H groups in total. The summed E-state index contributed by atoms with van der Waals surface area (Å²) in [5.74, 6) is 1.28. The number of rotatable bonds is 6. The highest BCUT2D eigenvalue weighted by Gasteiger charge is 2.03. The number of H-pyrrole nitrogens is 1. The van der Waals surface area contributed by atoms with Gasteiger partial charge in [-0.2, -0.15) is 0 Å². The van der Waals surface area contributed by atoms with Gasteiger partial charge in [0.25, 0.3) is 0 Å². The van der Waals surface area contributed by atoms with Crippen molar-refractivity contribution in [3.8, 4) is 0 Å². The molecule has 0 aliphatic heterocycles. The number of thioether (sulfide) groups is 1. The monoisotopic (exact) mass is 262 g/mol. The molecule has 2 aromatic rings. The smallest absolute Gasteiger partial charge is 0.166 e. The summed E-state index contributed by atoms with van der Waals surface area (Å²) in [7, 11) is 0. The van der Waals surface area contributed by atoms with Gasteiger partial charge < -0.3 is 10.7 Å². The minimum Gasteiger partial charge on any atom is -0.388 e. The largest absolute Gasteiger partial charge is 0.388 e. The Kier molecular flexibility index (Phi) is 4.25. The van der Waals surface area contributed by atoms with Gasteiger partial charge >= 0.3 is 0 Å². The van der Waals surface area contributed by atoms with Gasteiger partial charge in [-0.3, -0.25) is 5.41 Å². The first-order valence-electron chi connectivity index (χ1n) is 6.07. The standard InChI is InChI=1S/C13H18N4S/c1-9-5-6-10-11(8-9)17-13(16-10)18-7-3-2-4-12(14)15/h5-6,8H,2-4,7H2,1H3,(H3,14,15)(H,16,17). The molecule has 0 atom stereocenters. The molecule has 0 aliphatic rings. The van der Waals surface area contributed by atoms with Crippen LogP contribution in [0.5, 0.6) is 0 Å². The van der Waals surface area contributed by atoms with Crippen molar-refractivity contribution in [2.24, 2.45) is 5.73 Å². The summed E-state index contributed by atoms with van der Waals surface area (Å²) in [6.45, 7) is 2.08. The SMILES string of the molecule is Cc1ccc2nc(SCCCCC(=N)N)[nH]c2c1. The Morgan fingerprint density at radius 2 is 2.28 bits per heavy atom. The molecule has 0 unspecified atom stereocenters. The Hall–Kier alpha value is -1.49. The highest BCUT2D eigenvalue weighted by Crippen LogP contribution is 2.21. The second-order valence-corrected chi connectivity index (χ2v) is 5.48. The molecule has 1 aromatic carbocycles. The van der Waals surface area contributed by atoms with Crippen molar-refractivity contribution in [2.45, 2.75) is 31.3 Å². The van der Waals surface area contributed by atoms with Crippen LogP contribution in [0, 0.1) is 12.3 Å². The topological polar surface area (TPSA) is 78.6 Å². The molecule has 0 fully saturated rings. The number of unbranched alkanes of at least 4 members (excludes halogenated alkanes) is 1. The van der Waals surface area contributed by atoms with Crippen LogP contribution in [0.2, 0.25) is 0 Å². The van der Waals surface area contributed by atoms with Crippen LogP contribution in [0.1, 0.15) is 24.8 Å². The molecule has 0 spiro atoms. The molecule has 1 heterocycles. The zero-order chi connectivity index (χ0) is 13.0. The number of aryl methyl sites for hydroxylation is 1. The summed E-state index contributed by atoms with van der Waals surface area (Å²) in [5.41, 5.74) is 8.67. The molecule has 96 valence electrons. The molecule has 2 rings (SSSR count). The van der Waals surface area contributed by atoms with E-state index in [4.69, 9.17) is 11.1 Å². The molecule has 1 aromatic heterocycles. The van der Waals surface area contributed by atoms with Crippen molar-refractivity contribution in [1.82, 2.24) is 9.97 Å². The van der Waals surface area contributed by atoms with Gasteiger partial charge in [-0.05, 0) is 37.5 Å². The molecule has 0 bridgehead atoms. The minimum atomic E-state index is 0.277. The lowest BCUT2D eigenvalue weighted by Crippen LogP contribution is -2.08. The number of aromatic nitrogens is 2. The maximum atomic E-state index is 7.14. The number of hydrogen-bond donors (Lipinski definition) is 3. The highest BCUT2D eigenvalue weighted by atomic mass is 32.2. The normalized spacial score (nSPS) is 10.9. The van der Waals surface area contributed by atoms with E-state index >= 15 is 0 Å². The van der Waals surface area contributed by atoms with E-state index in [0.29, 0.717) is 6.42 Å². The first-order chi connectivity index (χ1) is 8.65. The summed E-state index contributed by atoms with van der Waals surface area (Å²) >= 11 is 1.73. The molecule has 18 heavy (non-hydrogen) atoms. The predicted octanol–water partition coefficient (Wildman–Crippen LogP) is 3.07. The number of hydrogen-bond acceptors (Lipinski definition) is 3.